The maximum atomic E-state index is 12.5. The van der Waals surface area contributed by atoms with Crippen LogP contribution in [0.5, 0.6) is 5.75 Å². The molecule has 0 bridgehead atoms. The maximum Gasteiger partial charge on any atom is 0.237 e. The molecule has 2 aliphatic rings. The van der Waals surface area contributed by atoms with E-state index in [1.807, 2.05) is 31.2 Å². The SMILES string of the molecule is COc1cccc(CNC(=O)C(C)N2CCN(C3CCCC3)CC2)c1. The number of rotatable bonds is 6. The number of hydrogen-bond acceptors (Lipinski definition) is 4. The van der Waals surface area contributed by atoms with Crippen LogP contribution in [0.3, 0.4) is 0 Å². The summed E-state index contributed by atoms with van der Waals surface area (Å²) in [5.41, 5.74) is 1.06. The van der Waals surface area contributed by atoms with Gasteiger partial charge in [0.15, 0.2) is 0 Å². The van der Waals surface area contributed by atoms with E-state index in [-0.39, 0.29) is 11.9 Å². The monoisotopic (exact) mass is 345 g/mol. The molecule has 0 aromatic heterocycles. The Bertz CT molecular complexity index is 564. The van der Waals surface area contributed by atoms with Crippen molar-refractivity contribution in [3.8, 4) is 5.75 Å². The van der Waals surface area contributed by atoms with Crippen molar-refractivity contribution >= 4 is 5.91 Å². The summed E-state index contributed by atoms with van der Waals surface area (Å²) in [6.07, 6.45) is 5.48. The van der Waals surface area contributed by atoms with E-state index in [1.54, 1.807) is 7.11 Å². The van der Waals surface area contributed by atoms with Crippen LogP contribution in [0.4, 0.5) is 0 Å². The van der Waals surface area contributed by atoms with Crippen LogP contribution in [0.15, 0.2) is 24.3 Å². The average Bonchev–Trinajstić information content (AvgIpc) is 3.20. The minimum atomic E-state index is -0.0728. The van der Waals surface area contributed by atoms with Gasteiger partial charge >= 0.3 is 0 Å². The van der Waals surface area contributed by atoms with Crippen LogP contribution in [0, 0.1) is 0 Å². The number of piperazine rings is 1. The molecule has 1 N–H and O–H groups in total. The number of carbonyl (C=O) groups is 1. The Morgan fingerprint density at radius 1 is 1.24 bits per heavy atom. The Balaban J connectivity index is 1.44. The Morgan fingerprint density at radius 3 is 2.64 bits per heavy atom. The molecule has 1 aliphatic carbocycles. The summed E-state index contributed by atoms with van der Waals surface area (Å²) in [5, 5.41) is 3.06. The molecule has 2 fully saturated rings. The summed E-state index contributed by atoms with van der Waals surface area (Å²) < 4.78 is 5.23. The first-order chi connectivity index (χ1) is 12.2. The van der Waals surface area contributed by atoms with Crippen LogP contribution in [-0.2, 0) is 11.3 Å². The molecule has 3 rings (SSSR count). The molecule has 1 saturated heterocycles. The largest absolute Gasteiger partial charge is 0.497 e. The highest BCUT2D eigenvalue weighted by Crippen LogP contribution is 2.24. The number of nitrogens with one attached hydrogen (secondary N) is 1. The number of carbonyl (C=O) groups excluding carboxylic acids is 1. The molecule has 25 heavy (non-hydrogen) atoms. The lowest BCUT2D eigenvalue weighted by atomic mass is 10.1. The van der Waals surface area contributed by atoms with Gasteiger partial charge in [0, 0.05) is 38.8 Å². The molecule has 5 heteroatoms. The zero-order valence-corrected chi connectivity index (χ0v) is 15.5. The molecule has 1 saturated carbocycles. The normalized spacial score (nSPS) is 21.2. The van der Waals surface area contributed by atoms with Crippen molar-refractivity contribution in [3.05, 3.63) is 29.8 Å². The zero-order valence-electron chi connectivity index (χ0n) is 15.5. The summed E-state index contributed by atoms with van der Waals surface area (Å²) >= 11 is 0. The van der Waals surface area contributed by atoms with Gasteiger partial charge in [0.1, 0.15) is 5.75 Å². The van der Waals surface area contributed by atoms with Crippen LogP contribution < -0.4 is 10.1 Å². The van der Waals surface area contributed by atoms with E-state index < -0.39 is 0 Å². The summed E-state index contributed by atoms with van der Waals surface area (Å²) in [6, 6.07) is 8.55. The van der Waals surface area contributed by atoms with Gasteiger partial charge in [-0.15, -0.1) is 0 Å². The molecule has 5 nitrogen and oxygen atoms in total. The highest BCUT2D eigenvalue weighted by atomic mass is 16.5. The van der Waals surface area contributed by atoms with Crippen molar-refractivity contribution < 1.29 is 9.53 Å². The Labute approximate surface area is 151 Å². The van der Waals surface area contributed by atoms with E-state index in [0.29, 0.717) is 6.54 Å². The van der Waals surface area contributed by atoms with Crippen molar-refractivity contribution in [3.63, 3.8) is 0 Å². The third-order valence-corrected chi connectivity index (χ3v) is 5.72. The van der Waals surface area contributed by atoms with Crippen LogP contribution in [0.2, 0.25) is 0 Å². The molecule has 1 heterocycles. The fraction of sp³-hybridized carbons (Fsp3) is 0.650. The lowest BCUT2D eigenvalue weighted by Gasteiger charge is -2.40. The molecule has 1 aromatic rings. The molecule has 1 amide bonds. The average molecular weight is 345 g/mol. The Morgan fingerprint density at radius 2 is 1.96 bits per heavy atom. The Hall–Kier alpha value is -1.59. The first-order valence-corrected chi connectivity index (χ1v) is 9.56. The van der Waals surface area contributed by atoms with E-state index >= 15 is 0 Å². The summed E-state index contributed by atoms with van der Waals surface area (Å²) in [4.78, 5) is 17.5. The van der Waals surface area contributed by atoms with Gasteiger partial charge in [0.05, 0.1) is 13.2 Å². The number of hydrogen-bond donors (Lipinski definition) is 1. The minimum absolute atomic E-state index is 0.0728. The van der Waals surface area contributed by atoms with E-state index in [0.717, 1.165) is 43.5 Å². The summed E-state index contributed by atoms with van der Waals surface area (Å²) in [7, 11) is 1.66. The second kappa shape index (κ2) is 8.68. The van der Waals surface area contributed by atoms with Gasteiger partial charge in [0.25, 0.3) is 0 Å². The fourth-order valence-electron chi connectivity index (χ4n) is 4.04. The standard InChI is InChI=1S/C20H31N3O2/c1-16(20(24)21-15-17-6-5-9-19(14-17)25-2)22-10-12-23(13-11-22)18-7-3-4-8-18/h5-6,9,14,16,18H,3-4,7-8,10-13,15H2,1-2H3,(H,21,24). The highest BCUT2D eigenvalue weighted by Gasteiger charge is 2.29. The first kappa shape index (κ1) is 18.2. The van der Waals surface area contributed by atoms with Crippen molar-refractivity contribution in [1.82, 2.24) is 15.1 Å². The predicted molar refractivity (Wildman–Crippen MR) is 99.7 cm³/mol. The topological polar surface area (TPSA) is 44.8 Å². The van der Waals surface area contributed by atoms with E-state index in [4.69, 9.17) is 4.74 Å². The van der Waals surface area contributed by atoms with Crippen LogP contribution in [0.1, 0.15) is 38.2 Å². The van der Waals surface area contributed by atoms with Crippen molar-refractivity contribution in [2.75, 3.05) is 33.3 Å². The van der Waals surface area contributed by atoms with E-state index in [1.165, 1.54) is 25.7 Å². The predicted octanol–water partition coefficient (Wildman–Crippen LogP) is 2.26. The smallest absolute Gasteiger partial charge is 0.237 e. The maximum absolute atomic E-state index is 12.5. The van der Waals surface area contributed by atoms with Crippen LogP contribution >= 0.6 is 0 Å². The van der Waals surface area contributed by atoms with Gasteiger partial charge in [-0.05, 0) is 37.5 Å². The van der Waals surface area contributed by atoms with E-state index in [9.17, 15) is 4.79 Å². The molecule has 138 valence electrons. The third-order valence-electron chi connectivity index (χ3n) is 5.72. The van der Waals surface area contributed by atoms with Crippen molar-refractivity contribution in [2.24, 2.45) is 0 Å². The molecule has 1 aliphatic heterocycles. The van der Waals surface area contributed by atoms with Gasteiger partial charge in [0.2, 0.25) is 5.91 Å². The number of nitrogens with zero attached hydrogens (tertiary/aromatic N) is 2. The lowest BCUT2D eigenvalue weighted by Crippen LogP contribution is -2.55. The van der Waals surface area contributed by atoms with Gasteiger partial charge in [-0.1, -0.05) is 25.0 Å². The third kappa shape index (κ3) is 4.73. The second-order valence-corrected chi connectivity index (χ2v) is 7.26. The van der Waals surface area contributed by atoms with Gasteiger partial charge in [-0.2, -0.15) is 0 Å². The quantitative estimate of drug-likeness (QED) is 0.859. The Kier molecular flexibility index (Phi) is 6.32. The van der Waals surface area contributed by atoms with E-state index in [2.05, 4.69) is 15.1 Å². The second-order valence-electron chi connectivity index (χ2n) is 7.26. The molecule has 1 unspecified atom stereocenters. The highest BCUT2D eigenvalue weighted by molar-refractivity contribution is 5.81. The summed E-state index contributed by atoms with van der Waals surface area (Å²) in [5.74, 6) is 0.931. The molecule has 0 spiro atoms. The van der Waals surface area contributed by atoms with Crippen LogP contribution in [0.25, 0.3) is 0 Å². The number of benzene rings is 1. The zero-order chi connectivity index (χ0) is 17.6. The number of amides is 1. The van der Waals surface area contributed by atoms with Gasteiger partial charge in [-0.25, -0.2) is 0 Å². The number of methoxy groups -OCH3 is 1. The fourth-order valence-corrected chi connectivity index (χ4v) is 4.04. The summed E-state index contributed by atoms with van der Waals surface area (Å²) in [6.45, 7) is 6.74. The molecule has 1 atom stereocenters. The van der Waals surface area contributed by atoms with Crippen molar-refractivity contribution in [2.45, 2.75) is 51.2 Å². The van der Waals surface area contributed by atoms with Gasteiger partial charge in [-0.3, -0.25) is 14.6 Å². The van der Waals surface area contributed by atoms with Crippen molar-refractivity contribution in [1.29, 1.82) is 0 Å². The lowest BCUT2D eigenvalue weighted by molar-refractivity contribution is -0.126. The first-order valence-electron chi connectivity index (χ1n) is 9.56. The molecular formula is C20H31N3O2. The number of ether oxygens (including phenoxy) is 1. The molecule has 1 aromatic carbocycles. The van der Waals surface area contributed by atoms with Crippen LogP contribution in [-0.4, -0.2) is 61.1 Å². The molecular weight excluding hydrogens is 314 g/mol. The molecule has 0 radical (unpaired) electrons. The van der Waals surface area contributed by atoms with Gasteiger partial charge < -0.3 is 10.1 Å². The minimum Gasteiger partial charge on any atom is -0.497 e.